The molecule has 4 nitrogen and oxygen atoms in total. The summed E-state index contributed by atoms with van der Waals surface area (Å²) in [6.45, 7) is 7.51. The average Bonchev–Trinajstić information content (AvgIpc) is 2.16. The number of sulfonamides is 1. The highest BCUT2D eigenvalue weighted by Gasteiger charge is 2.32. The molecule has 0 aromatic carbocycles. The van der Waals surface area contributed by atoms with Crippen molar-refractivity contribution < 1.29 is 8.42 Å². The minimum Gasteiger partial charge on any atom is -0.312 e. The lowest BCUT2D eigenvalue weighted by Gasteiger charge is -2.39. The average molecular weight is 271 g/mol. The topological polar surface area (TPSA) is 58.2 Å². The molecule has 1 fully saturated rings. The van der Waals surface area contributed by atoms with E-state index in [-0.39, 0.29) is 29.6 Å². The van der Waals surface area contributed by atoms with Crippen molar-refractivity contribution in [3.8, 4) is 0 Å². The van der Waals surface area contributed by atoms with E-state index in [9.17, 15) is 8.42 Å². The monoisotopic (exact) mass is 270 g/mol. The lowest BCUT2D eigenvalue weighted by atomic mass is 9.78. The number of hydrogen-bond acceptors (Lipinski definition) is 3. The van der Waals surface area contributed by atoms with Gasteiger partial charge in [-0.2, -0.15) is 0 Å². The van der Waals surface area contributed by atoms with Gasteiger partial charge in [-0.15, -0.1) is 12.4 Å². The fourth-order valence-corrected chi connectivity index (χ4v) is 2.56. The van der Waals surface area contributed by atoms with Crippen LogP contribution in [0.3, 0.4) is 0 Å². The molecule has 98 valence electrons. The number of rotatable bonds is 4. The Morgan fingerprint density at radius 2 is 2.06 bits per heavy atom. The quantitative estimate of drug-likeness (QED) is 0.805. The van der Waals surface area contributed by atoms with Crippen LogP contribution in [0, 0.1) is 5.41 Å². The predicted molar refractivity (Wildman–Crippen MR) is 69.5 cm³/mol. The molecule has 0 amide bonds. The molecule has 0 radical (unpaired) electrons. The summed E-state index contributed by atoms with van der Waals surface area (Å²) in [5.74, 6) is 0.153. The molecular weight excluding hydrogens is 248 g/mol. The normalized spacial score (nSPS) is 24.8. The van der Waals surface area contributed by atoms with Gasteiger partial charge in [-0.25, -0.2) is 13.1 Å². The molecule has 0 aromatic rings. The van der Waals surface area contributed by atoms with E-state index >= 15 is 0 Å². The first kappa shape index (κ1) is 16.2. The lowest BCUT2D eigenvalue weighted by Crippen LogP contribution is -2.52. The Morgan fingerprint density at radius 3 is 2.56 bits per heavy atom. The first-order valence-corrected chi connectivity index (χ1v) is 7.23. The second-order valence-corrected chi connectivity index (χ2v) is 6.95. The zero-order valence-corrected chi connectivity index (χ0v) is 11.9. The van der Waals surface area contributed by atoms with E-state index in [4.69, 9.17) is 0 Å². The Hall–Kier alpha value is 0.160. The summed E-state index contributed by atoms with van der Waals surface area (Å²) in [5, 5.41) is 3.38. The molecule has 0 aromatic heterocycles. The van der Waals surface area contributed by atoms with Crippen molar-refractivity contribution in [2.24, 2.45) is 5.41 Å². The van der Waals surface area contributed by atoms with Crippen molar-refractivity contribution in [2.75, 3.05) is 18.8 Å². The second-order valence-electron chi connectivity index (χ2n) is 4.85. The number of nitrogens with one attached hydrogen (secondary N) is 2. The summed E-state index contributed by atoms with van der Waals surface area (Å²) in [7, 11) is -3.06. The smallest absolute Gasteiger partial charge is 0.211 e. The summed E-state index contributed by atoms with van der Waals surface area (Å²) in [4.78, 5) is 0. The highest BCUT2D eigenvalue weighted by molar-refractivity contribution is 7.89. The number of hydrogen-bond donors (Lipinski definition) is 2. The van der Waals surface area contributed by atoms with Gasteiger partial charge in [0.2, 0.25) is 10.0 Å². The predicted octanol–water partition coefficient (Wildman–Crippen LogP) is 1.13. The summed E-state index contributed by atoms with van der Waals surface area (Å²) >= 11 is 0. The van der Waals surface area contributed by atoms with Crippen LogP contribution in [-0.4, -0.2) is 33.3 Å². The lowest BCUT2D eigenvalue weighted by molar-refractivity contribution is 0.182. The van der Waals surface area contributed by atoms with Gasteiger partial charge in [0.15, 0.2) is 0 Å². The second kappa shape index (κ2) is 6.19. The van der Waals surface area contributed by atoms with Gasteiger partial charge in [-0.05, 0) is 31.7 Å². The van der Waals surface area contributed by atoms with Crippen molar-refractivity contribution in [2.45, 2.75) is 39.7 Å². The van der Waals surface area contributed by atoms with Gasteiger partial charge < -0.3 is 5.32 Å². The zero-order chi connectivity index (χ0) is 11.5. The minimum absolute atomic E-state index is 0. The van der Waals surface area contributed by atoms with Gasteiger partial charge in [0.1, 0.15) is 0 Å². The Balaban J connectivity index is 0.00000225. The standard InChI is InChI=1S/C10H22N2O2S.ClH/c1-4-15(13,14)12-8-9-10(2,3)6-5-7-11-9;/h9,11-12H,4-8H2,1-3H3;1H. The highest BCUT2D eigenvalue weighted by Crippen LogP contribution is 2.29. The zero-order valence-electron chi connectivity index (χ0n) is 10.2. The molecule has 2 N–H and O–H groups in total. The van der Waals surface area contributed by atoms with Gasteiger partial charge in [-0.1, -0.05) is 13.8 Å². The van der Waals surface area contributed by atoms with Gasteiger partial charge in [-0.3, -0.25) is 0 Å². The Morgan fingerprint density at radius 1 is 1.44 bits per heavy atom. The van der Waals surface area contributed by atoms with Gasteiger partial charge in [0.25, 0.3) is 0 Å². The van der Waals surface area contributed by atoms with Gasteiger partial charge in [0.05, 0.1) is 5.75 Å². The summed E-state index contributed by atoms with van der Waals surface area (Å²) in [6, 6.07) is 0.243. The maximum atomic E-state index is 11.3. The maximum absolute atomic E-state index is 11.3. The van der Waals surface area contributed by atoms with Gasteiger partial charge >= 0.3 is 0 Å². The summed E-state index contributed by atoms with van der Waals surface area (Å²) < 4.78 is 25.3. The molecule has 1 unspecified atom stereocenters. The van der Waals surface area contributed by atoms with Crippen LogP contribution in [0.5, 0.6) is 0 Å². The van der Waals surface area contributed by atoms with Crippen LogP contribution in [-0.2, 0) is 10.0 Å². The molecule has 0 aliphatic carbocycles. The van der Waals surface area contributed by atoms with Crippen LogP contribution in [0.1, 0.15) is 33.6 Å². The molecule has 16 heavy (non-hydrogen) atoms. The molecule has 0 bridgehead atoms. The summed E-state index contributed by atoms with van der Waals surface area (Å²) in [6.07, 6.45) is 2.32. The minimum atomic E-state index is -3.06. The van der Waals surface area contributed by atoms with Crippen molar-refractivity contribution >= 4 is 22.4 Å². The first-order valence-electron chi connectivity index (χ1n) is 5.58. The third-order valence-corrected chi connectivity index (χ3v) is 4.59. The van der Waals surface area contributed by atoms with Crippen molar-refractivity contribution in [1.29, 1.82) is 0 Å². The number of piperidine rings is 1. The number of halogens is 1. The Bertz CT molecular complexity index is 304. The van der Waals surface area contributed by atoms with Crippen LogP contribution in [0.2, 0.25) is 0 Å². The van der Waals surface area contributed by atoms with E-state index in [1.54, 1.807) is 6.92 Å². The molecule has 0 spiro atoms. The molecule has 6 heteroatoms. The van der Waals surface area contributed by atoms with Crippen LogP contribution in [0.4, 0.5) is 0 Å². The van der Waals surface area contributed by atoms with Crippen molar-refractivity contribution in [3.05, 3.63) is 0 Å². The molecule has 1 atom stereocenters. The largest absolute Gasteiger partial charge is 0.312 e. The van der Waals surface area contributed by atoms with E-state index in [0.717, 1.165) is 13.0 Å². The third kappa shape index (κ3) is 4.57. The van der Waals surface area contributed by atoms with E-state index in [1.165, 1.54) is 6.42 Å². The fourth-order valence-electron chi connectivity index (χ4n) is 1.93. The van der Waals surface area contributed by atoms with Gasteiger partial charge in [0, 0.05) is 12.6 Å². The van der Waals surface area contributed by atoms with Crippen LogP contribution in [0.15, 0.2) is 0 Å². The molecule has 1 rings (SSSR count). The SMILES string of the molecule is CCS(=O)(=O)NCC1NCCCC1(C)C.Cl. The molecule has 0 saturated carbocycles. The molecule has 1 heterocycles. The molecule has 1 aliphatic heterocycles. The van der Waals surface area contributed by atoms with E-state index in [0.29, 0.717) is 6.54 Å². The first-order chi connectivity index (χ1) is 6.87. The van der Waals surface area contributed by atoms with Crippen molar-refractivity contribution in [1.82, 2.24) is 10.0 Å². The van der Waals surface area contributed by atoms with Crippen molar-refractivity contribution in [3.63, 3.8) is 0 Å². The Labute approximate surface area is 105 Å². The maximum Gasteiger partial charge on any atom is 0.211 e. The van der Waals surface area contributed by atoms with E-state index in [2.05, 4.69) is 23.9 Å². The van der Waals surface area contributed by atoms with Crippen LogP contribution < -0.4 is 10.0 Å². The molecular formula is C10H23ClN2O2S. The highest BCUT2D eigenvalue weighted by atomic mass is 35.5. The van der Waals surface area contributed by atoms with E-state index < -0.39 is 10.0 Å². The summed E-state index contributed by atoms with van der Waals surface area (Å²) in [5.41, 5.74) is 0.175. The Kier molecular flexibility index (Phi) is 6.25. The molecule has 1 saturated heterocycles. The van der Waals surface area contributed by atoms with E-state index in [1.807, 2.05) is 0 Å². The van der Waals surface area contributed by atoms with Crippen LogP contribution >= 0.6 is 12.4 Å². The fraction of sp³-hybridized carbons (Fsp3) is 1.00. The third-order valence-electron chi connectivity index (χ3n) is 3.22. The van der Waals surface area contributed by atoms with Crippen LogP contribution in [0.25, 0.3) is 0 Å². The molecule has 1 aliphatic rings.